The quantitative estimate of drug-likeness (QED) is 0.869. The number of nitrogens with zero attached hydrogens (tertiary/aromatic N) is 2. The van der Waals surface area contributed by atoms with E-state index in [1.165, 1.54) is 11.3 Å². The third-order valence-electron chi connectivity index (χ3n) is 3.45. The number of amides is 1. The Morgan fingerprint density at radius 1 is 1.53 bits per heavy atom. The van der Waals surface area contributed by atoms with E-state index in [4.69, 9.17) is 5.73 Å². The first-order chi connectivity index (χ1) is 8.09. The zero-order chi connectivity index (χ0) is 12.4. The van der Waals surface area contributed by atoms with E-state index in [9.17, 15) is 4.79 Å². The van der Waals surface area contributed by atoms with Crippen molar-refractivity contribution in [2.24, 2.45) is 0 Å². The van der Waals surface area contributed by atoms with Gasteiger partial charge in [-0.25, -0.2) is 0 Å². The largest absolute Gasteiger partial charge is 0.397 e. The summed E-state index contributed by atoms with van der Waals surface area (Å²) in [6.45, 7) is 2.12. The molecule has 5 heteroatoms. The third kappa shape index (κ3) is 2.61. The SMILES string of the molecule is CN1CCC(N(C)C(=O)c2sccc2N)CC1. The fourth-order valence-corrected chi connectivity index (χ4v) is 3.00. The molecule has 1 aromatic heterocycles. The predicted octanol–water partition coefficient (Wildman–Crippen LogP) is 1.50. The van der Waals surface area contributed by atoms with Crippen LogP contribution in [0.3, 0.4) is 0 Å². The lowest BCUT2D eigenvalue weighted by Gasteiger charge is -2.35. The summed E-state index contributed by atoms with van der Waals surface area (Å²) in [6.07, 6.45) is 2.09. The van der Waals surface area contributed by atoms with E-state index in [0.29, 0.717) is 16.6 Å². The van der Waals surface area contributed by atoms with Gasteiger partial charge in [0.25, 0.3) is 5.91 Å². The smallest absolute Gasteiger partial charge is 0.266 e. The summed E-state index contributed by atoms with van der Waals surface area (Å²) in [5.74, 6) is 0.0621. The molecule has 1 fully saturated rings. The highest BCUT2D eigenvalue weighted by atomic mass is 32.1. The highest BCUT2D eigenvalue weighted by Crippen LogP contribution is 2.23. The lowest BCUT2D eigenvalue weighted by atomic mass is 10.0. The highest BCUT2D eigenvalue weighted by molar-refractivity contribution is 7.12. The number of carbonyl (C=O) groups is 1. The molecule has 4 nitrogen and oxygen atoms in total. The van der Waals surface area contributed by atoms with Crippen molar-refractivity contribution in [3.05, 3.63) is 16.3 Å². The fraction of sp³-hybridized carbons (Fsp3) is 0.583. The molecule has 0 atom stereocenters. The zero-order valence-corrected chi connectivity index (χ0v) is 11.2. The van der Waals surface area contributed by atoms with Gasteiger partial charge in [0.2, 0.25) is 0 Å². The molecule has 0 radical (unpaired) electrons. The average molecular weight is 253 g/mol. The van der Waals surface area contributed by atoms with E-state index < -0.39 is 0 Å². The van der Waals surface area contributed by atoms with Crippen molar-refractivity contribution < 1.29 is 4.79 Å². The van der Waals surface area contributed by atoms with Crippen LogP contribution in [0.15, 0.2) is 11.4 Å². The van der Waals surface area contributed by atoms with E-state index in [1.54, 1.807) is 6.07 Å². The number of likely N-dealkylation sites (tertiary alicyclic amines) is 1. The summed E-state index contributed by atoms with van der Waals surface area (Å²) in [4.78, 5) is 17.1. The molecule has 0 aromatic carbocycles. The van der Waals surface area contributed by atoms with Crippen LogP contribution in [0.2, 0.25) is 0 Å². The number of carbonyl (C=O) groups excluding carboxylic acids is 1. The minimum Gasteiger partial charge on any atom is -0.397 e. The Hall–Kier alpha value is -1.07. The van der Waals surface area contributed by atoms with E-state index in [1.807, 2.05) is 17.3 Å². The molecule has 1 amide bonds. The Morgan fingerprint density at radius 2 is 2.18 bits per heavy atom. The summed E-state index contributed by atoms with van der Waals surface area (Å²) in [6, 6.07) is 2.14. The first-order valence-corrected chi connectivity index (χ1v) is 6.76. The van der Waals surface area contributed by atoms with Gasteiger partial charge in [-0.2, -0.15) is 0 Å². The number of rotatable bonds is 2. The second kappa shape index (κ2) is 5.06. The number of hydrogen-bond donors (Lipinski definition) is 1. The molecule has 2 rings (SSSR count). The lowest BCUT2D eigenvalue weighted by Crippen LogP contribution is -2.44. The molecule has 0 spiro atoms. The van der Waals surface area contributed by atoms with Gasteiger partial charge in [-0.3, -0.25) is 4.79 Å². The molecule has 2 N–H and O–H groups in total. The minimum absolute atomic E-state index is 0.0621. The first kappa shape index (κ1) is 12.4. The van der Waals surface area contributed by atoms with Crippen molar-refractivity contribution in [1.29, 1.82) is 0 Å². The van der Waals surface area contributed by atoms with Gasteiger partial charge in [0, 0.05) is 13.1 Å². The van der Waals surface area contributed by atoms with Crippen LogP contribution in [-0.2, 0) is 0 Å². The number of piperidine rings is 1. The third-order valence-corrected chi connectivity index (χ3v) is 4.36. The molecule has 0 aliphatic carbocycles. The van der Waals surface area contributed by atoms with Crippen molar-refractivity contribution >= 4 is 22.9 Å². The van der Waals surface area contributed by atoms with E-state index >= 15 is 0 Å². The van der Waals surface area contributed by atoms with Crippen LogP contribution in [0, 0.1) is 0 Å². The van der Waals surface area contributed by atoms with Crippen LogP contribution in [0.5, 0.6) is 0 Å². The molecule has 94 valence electrons. The Labute approximate surface area is 106 Å². The maximum Gasteiger partial charge on any atom is 0.266 e. The maximum absolute atomic E-state index is 12.3. The Bertz CT molecular complexity index is 396. The second-order valence-corrected chi connectivity index (χ2v) is 5.57. The van der Waals surface area contributed by atoms with Crippen molar-refractivity contribution in [3.63, 3.8) is 0 Å². The van der Waals surface area contributed by atoms with Crippen molar-refractivity contribution in [3.8, 4) is 0 Å². The normalized spacial score (nSPS) is 18.2. The highest BCUT2D eigenvalue weighted by Gasteiger charge is 2.26. The summed E-state index contributed by atoms with van der Waals surface area (Å²) in [7, 11) is 4.01. The number of nitrogens with two attached hydrogens (primary N) is 1. The Balaban J connectivity index is 2.03. The van der Waals surface area contributed by atoms with Gasteiger partial charge in [-0.1, -0.05) is 0 Å². The lowest BCUT2D eigenvalue weighted by molar-refractivity contribution is 0.0665. The number of anilines is 1. The van der Waals surface area contributed by atoms with Crippen molar-refractivity contribution in [2.75, 3.05) is 32.9 Å². The van der Waals surface area contributed by atoms with Gasteiger partial charge >= 0.3 is 0 Å². The topological polar surface area (TPSA) is 49.6 Å². The molecule has 1 aromatic rings. The standard InChI is InChI=1S/C12H19N3OS/c1-14-6-3-9(4-7-14)15(2)12(16)11-10(13)5-8-17-11/h5,8-9H,3-4,6-7,13H2,1-2H3. The van der Waals surface area contributed by atoms with Crippen LogP contribution in [-0.4, -0.2) is 48.9 Å². The predicted molar refractivity (Wildman–Crippen MR) is 71.3 cm³/mol. The molecular formula is C12H19N3OS. The van der Waals surface area contributed by atoms with Crippen molar-refractivity contribution in [2.45, 2.75) is 18.9 Å². The van der Waals surface area contributed by atoms with Gasteiger partial charge in [0.05, 0.1) is 5.69 Å². The fourth-order valence-electron chi connectivity index (χ4n) is 2.20. The molecule has 0 unspecified atom stereocenters. The van der Waals surface area contributed by atoms with Gasteiger partial charge < -0.3 is 15.5 Å². The maximum atomic E-state index is 12.3. The first-order valence-electron chi connectivity index (χ1n) is 5.88. The molecule has 2 heterocycles. The van der Waals surface area contributed by atoms with E-state index in [2.05, 4.69) is 11.9 Å². The van der Waals surface area contributed by atoms with Gasteiger partial charge in [-0.05, 0) is 44.4 Å². The summed E-state index contributed by atoms with van der Waals surface area (Å²) < 4.78 is 0. The van der Waals surface area contributed by atoms with E-state index in [-0.39, 0.29) is 5.91 Å². The van der Waals surface area contributed by atoms with Crippen molar-refractivity contribution in [1.82, 2.24) is 9.80 Å². The molecule has 0 bridgehead atoms. The number of nitrogen functional groups attached to an aromatic ring is 1. The molecular weight excluding hydrogens is 234 g/mol. The van der Waals surface area contributed by atoms with Gasteiger partial charge in [0.1, 0.15) is 4.88 Å². The minimum atomic E-state index is 0.0621. The van der Waals surface area contributed by atoms with Crippen LogP contribution >= 0.6 is 11.3 Å². The molecule has 0 saturated carbocycles. The van der Waals surface area contributed by atoms with Crippen LogP contribution in [0.1, 0.15) is 22.5 Å². The Kier molecular flexibility index (Phi) is 3.69. The summed E-state index contributed by atoms with van der Waals surface area (Å²) in [5, 5.41) is 1.87. The Morgan fingerprint density at radius 3 is 2.71 bits per heavy atom. The number of thiophene rings is 1. The second-order valence-electron chi connectivity index (χ2n) is 4.66. The average Bonchev–Trinajstić information content (AvgIpc) is 2.74. The number of hydrogen-bond acceptors (Lipinski definition) is 4. The van der Waals surface area contributed by atoms with Crippen LogP contribution < -0.4 is 5.73 Å². The molecule has 1 saturated heterocycles. The van der Waals surface area contributed by atoms with Crippen LogP contribution in [0.25, 0.3) is 0 Å². The molecule has 1 aliphatic heterocycles. The van der Waals surface area contributed by atoms with E-state index in [0.717, 1.165) is 25.9 Å². The molecule has 1 aliphatic rings. The van der Waals surface area contributed by atoms with Gasteiger partial charge in [0.15, 0.2) is 0 Å². The van der Waals surface area contributed by atoms with Crippen LogP contribution in [0.4, 0.5) is 5.69 Å². The molecule has 17 heavy (non-hydrogen) atoms. The zero-order valence-electron chi connectivity index (χ0n) is 10.3. The monoisotopic (exact) mass is 253 g/mol. The summed E-state index contributed by atoms with van der Waals surface area (Å²) >= 11 is 1.42. The summed E-state index contributed by atoms with van der Waals surface area (Å²) in [5.41, 5.74) is 6.38. The van der Waals surface area contributed by atoms with Gasteiger partial charge in [-0.15, -0.1) is 11.3 Å².